The van der Waals surface area contributed by atoms with Crippen molar-refractivity contribution in [2.75, 3.05) is 33.5 Å². The van der Waals surface area contributed by atoms with Gasteiger partial charge in [0.05, 0.1) is 31.4 Å². The Labute approximate surface area is 200 Å². The first-order valence-corrected chi connectivity index (χ1v) is 11.7. The highest BCUT2D eigenvalue weighted by molar-refractivity contribution is 6.46. The van der Waals surface area contributed by atoms with Gasteiger partial charge in [-0.2, -0.15) is 0 Å². The number of nitrogens with zero attached hydrogens (tertiary/aromatic N) is 1. The van der Waals surface area contributed by atoms with Crippen molar-refractivity contribution in [3.05, 3.63) is 65.2 Å². The van der Waals surface area contributed by atoms with E-state index in [0.29, 0.717) is 35.8 Å². The molecule has 7 nitrogen and oxygen atoms in total. The number of hydrogen-bond acceptors (Lipinski definition) is 6. The highest BCUT2D eigenvalue weighted by atomic mass is 16.5. The van der Waals surface area contributed by atoms with E-state index in [4.69, 9.17) is 14.2 Å². The molecule has 0 bridgehead atoms. The summed E-state index contributed by atoms with van der Waals surface area (Å²) in [4.78, 5) is 27.4. The van der Waals surface area contributed by atoms with E-state index in [1.54, 1.807) is 24.3 Å². The molecule has 1 aliphatic heterocycles. The highest BCUT2D eigenvalue weighted by Crippen LogP contribution is 2.39. The molecular weight excluding hydrogens is 434 g/mol. The van der Waals surface area contributed by atoms with E-state index in [2.05, 4.69) is 6.92 Å². The number of amides is 1. The molecule has 1 amide bonds. The summed E-state index contributed by atoms with van der Waals surface area (Å²) < 4.78 is 16.5. The van der Waals surface area contributed by atoms with Gasteiger partial charge in [0, 0.05) is 19.2 Å². The number of methoxy groups -OCH3 is 1. The Balaban J connectivity index is 1.97. The number of hydrogen-bond donors (Lipinski definition) is 1. The van der Waals surface area contributed by atoms with Crippen LogP contribution in [0.5, 0.6) is 11.5 Å². The van der Waals surface area contributed by atoms with Gasteiger partial charge in [0.15, 0.2) is 0 Å². The second-order valence-corrected chi connectivity index (χ2v) is 8.13. The van der Waals surface area contributed by atoms with Crippen molar-refractivity contribution >= 4 is 17.4 Å². The van der Waals surface area contributed by atoms with E-state index in [1.165, 1.54) is 12.0 Å². The number of unbranched alkanes of at least 4 members (excludes halogenated alkanes) is 1. The molecule has 1 heterocycles. The Morgan fingerprint density at radius 2 is 1.50 bits per heavy atom. The molecule has 1 fully saturated rings. The number of carbonyl (C=O) groups is 2. The quantitative estimate of drug-likeness (QED) is 0.210. The number of aliphatic hydroxyl groups is 1. The number of ketones is 1. The minimum absolute atomic E-state index is 0.0583. The summed E-state index contributed by atoms with van der Waals surface area (Å²) in [5.41, 5.74) is 1.21. The van der Waals surface area contributed by atoms with Crippen molar-refractivity contribution in [2.45, 2.75) is 39.2 Å². The summed E-state index contributed by atoms with van der Waals surface area (Å²) in [5.74, 6) is -0.195. The largest absolute Gasteiger partial charge is 0.507 e. The number of likely N-dealkylation sites (tertiary alicyclic amines) is 1. The maximum atomic E-state index is 13.0. The maximum absolute atomic E-state index is 13.0. The fourth-order valence-corrected chi connectivity index (χ4v) is 3.81. The Kier molecular flexibility index (Phi) is 9.10. The van der Waals surface area contributed by atoms with Crippen LogP contribution in [0, 0.1) is 0 Å². The monoisotopic (exact) mass is 467 g/mol. The molecular formula is C27H33NO6. The molecule has 182 valence electrons. The third-order valence-electron chi connectivity index (χ3n) is 5.64. The molecule has 0 radical (unpaired) electrons. The second kappa shape index (κ2) is 12.2. The number of benzene rings is 2. The first-order valence-electron chi connectivity index (χ1n) is 11.7. The molecule has 34 heavy (non-hydrogen) atoms. The summed E-state index contributed by atoms with van der Waals surface area (Å²) >= 11 is 0. The molecule has 0 aromatic heterocycles. The molecule has 1 atom stereocenters. The van der Waals surface area contributed by atoms with Crippen molar-refractivity contribution in [2.24, 2.45) is 0 Å². The van der Waals surface area contributed by atoms with Gasteiger partial charge < -0.3 is 24.2 Å². The van der Waals surface area contributed by atoms with Crippen molar-refractivity contribution in [3.63, 3.8) is 0 Å². The van der Waals surface area contributed by atoms with Crippen LogP contribution in [0.15, 0.2) is 54.1 Å². The predicted molar refractivity (Wildman–Crippen MR) is 130 cm³/mol. The second-order valence-electron chi connectivity index (χ2n) is 8.13. The third-order valence-corrected chi connectivity index (χ3v) is 5.64. The lowest BCUT2D eigenvalue weighted by atomic mass is 9.95. The zero-order chi connectivity index (χ0) is 24.5. The molecule has 1 unspecified atom stereocenters. The molecule has 0 spiro atoms. The Morgan fingerprint density at radius 1 is 0.882 bits per heavy atom. The van der Waals surface area contributed by atoms with Crippen LogP contribution in [0.2, 0.25) is 0 Å². The lowest BCUT2D eigenvalue weighted by Gasteiger charge is -2.25. The van der Waals surface area contributed by atoms with Crippen LogP contribution in [0.3, 0.4) is 0 Å². The Bertz CT molecular complexity index is 997. The van der Waals surface area contributed by atoms with E-state index in [9.17, 15) is 14.7 Å². The maximum Gasteiger partial charge on any atom is 0.295 e. The lowest BCUT2D eigenvalue weighted by molar-refractivity contribution is -0.140. The molecule has 1 saturated heterocycles. The summed E-state index contributed by atoms with van der Waals surface area (Å²) in [6.07, 6.45) is 2.88. The first-order chi connectivity index (χ1) is 16.5. The average Bonchev–Trinajstić information content (AvgIpc) is 3.11. The molecule has 1 N–H and O–H groups in total. The van der Waals surface area contributed by atoms with Crippen LogP contribution in [-0.4, -0.2) is 55.2 Å². The van der Waals surface area contributed by atoms with Gasteiger partial charge in [-0.25, -0.2) is 0 Å². The lowest BCUT2D eigenvalue weighted by Crippen LogP contribution is -2.32. The van der Waals surface area contributed by atoms with Gasteiger partial charge in [-0.05, 0) is 54.8 Å². The molecule has 2 aromatic carbocycles. The molecule has 1 aliphatic rings. The van der Waals surface area contributed by atoms with E-state index < -0.39 is 17.7 Å². The minimum Gasteiger partial charge on any atom is -0.507 e. The van der Waals surface area contributed by atoms with Gasteiger partial charge in [-0.1, -0.05) is 32.4 Å². The molecule has 3 rings (SSSR count). The number of carbonyl (C=O) groups excluding carboxylic acids is 2. The van der Waals surface area contributed by atoms with Crippen LogP contribution < -0.4 is 9.47 Å². The van der Waals surface area contributed by atoms with Crippen molar-refractivity contribution in [1.82, 2.24) is 4.90 Å². The van der Waals surface area contributed by atoms with E-state index >= 15 is 0 Å². The number of aliphatic hydroxyl groups excluding tert-OH is 1. The summed E-state index contributed by atoms with van der Waals surface area (Å²) in [7, 11) is 1.54. The normalized spacial score (nSPS) is 17.3. The Hall–Kier alpha value is -3.32. The third kappa shape index (κ3) is 5.78. The zero-order valence-electron chi connectivity index (χ0n) is 20.1. The SMILES string of the molecule is CCCCOc1ccc(C2/C(=C(\O)c3ccc(OCCC)cc3)C(=O)C(=O)N2CCOC)cc1. The minimum atomic E-state index is -0.726. The number of Topliss-reactive ketones (excluding diaryl/α,β-unsaturated/α-hetero) is 1. The topological polar surface area (TPSA) is 85.3 Å². The number of rotatable bonds is 12. The zero-order valence-corrected chi connectivity index (χ0v) is 20.1. The average molecular weight is 468 g/mol. The number of ether oxygens (including phenoxy) is 3. The molecule has 7 heteroatoms. The summed E-state index contributed by atoms with van der Waals surface area (Å²) in [5, 5.41) is 11.1. The van der Waals surface area contributed by atoms with Crippen LogP contribution in [-0.2, 0) is 14.3 Å². The molecule has 0 saturated carbocycles. The van der Waals surface area contributed by atoms with E-state index in [-0.39, 0.29) is 24.5 Å². The van der Waals surface area contributed by atoms with Gasteiger partial charge in [0.25, 0.3) is 11.7 Å². The van der Waals surface area contributed by atoms with Gasteiger partial charge in [0.2, 0.25) is 0 Å². The smallest absolute Gasteiger partial charge is 0.295 e. The predicted octanol–water partition coefficient (Wildman–Crippen LogP) is 4.72. The molecule has 0 aliphatic carbocycles. The van der Waals surface area contributed by atoms with Crippen LogP contribution in [0.4, 0.5) is 0 Å². The van der Waals surface area contributed by atoms with E-state index in [0.717, 1.165) is 19.3 Å². The van der Waals surface area contributed by atoms with Crippen molar-refractivity contribution < 1.29 is 28.9 Å². The Morgan fingerprint density at radius 3 is 2.09 bits per heavy atom. The van der Waals surface area contributed by atoms with Crippen LogP contribution in [0.1, 0.15) is 50.3 Å². The fraction of sp³-hybridized carbons (Fsp3) is 0.407. The van der Waals surface area contributed by atoms with Gasteiger partial charge in [0.1, 0.15) is 17.3 Å². The van der Waals surface area contributed by atoms with Crippen molar-refractivity contribution in [1.29, 1.82) is 0 Å². The van der Waals surface area contributed by atoms with Gasteiger partial charge in [-0.15, -0.1) is 0 Å². The van der Waals surface area contributed by atoms with Gasteiger partial charge in [-0.3, -0.25) is 9.59 Å². The highest BCUT2D eigenvalue weighted by Gasteiger charge is 2.45. The summed E-state index contributed by atoms with van der Waals surface area (Å²) in [6.45, 7) is 5.83. The van der Waals surface area contributed by atoms with Gasteiger partial charge >= 0.3 is 0 Å². The fourth-order valence-electron chi connectivity index (χ4n) is 3.81. The van der Waals surface area contributed by atoms with Crippen molar-refractivity contribution in [3.8, 4) is 11.5 Å². The van der Waals surface area contributed by atoms with Crippen LogP contribution in [0.25, 0.3) is 5.76 Å². The molecule has 2 aromatic rings. The first kappa shape index (κ1) is 25.3. The standard InChI is InChI=1S/C27H33NO6/c1-4-6-17-34-22-11-7-19(8-12-22)24-23(26(30)27(31)28(24)15-18-32-3)25(29)20-9-13-21(14-10-20)33-16-5-2/h7-14,24,29H,4-6,15-18H2,1-3H3/b25-23+. The summed E-state index contributed by atoms with van der Waals surface area (Å²) in [6, 6.07) is 13.4. The van der Waals surface area contributed by atoms with E-state index in [1.807, 2.05) is 31.2 Å². The van der Waals surface area contributed by atoms with Crippen LogP contribution >= 0.6 is 0 Å².